The number of halogens is 2. The van der Waals surface area contributed by atoms with Gasteiger partial charge in [-0.1, -0.05) is 0 Å². The molecule has 0 amide bonds. The van der Waals surface area contributed by atoms with Crippen molar-refractivity contribution in [2.45, 2.75) is 44.2 Å². The number of rotatable bonds is 2. The molecule has 4 aromatic rings. The van der Waals surface area contributed by atoms with Gasteiger partial charge in [-0.3, -0.25) is 4.79 Å². The van der Waals surface area contributed by atoms with Crippen LogP contribution in [0.15, 0.2) is 41.3 Å². The standard InChI is InChI=1S/C25H24F2N4O/c1-14-29-23-20(27)11-17(12-21(23)30(14)2)16-9-15-4-8-31(24(32)22(15)19(26)10-16)18-3-7-28-25(13-18)5-6-25/h4,8-12,18,28H,3,5-7,13H2,1-2H3. The highest BCUT2D eigenvalue weighted by Crippen LogP contribution is 2.45. The molecule has 1 aliphatic carbocycles. The van der Waals surface area contributed by atoms with Crippen molar-refractivity contribution < 1.29 is 8.78 Å². The molecule has 1 spiro atoms. The van der Waals surface area contributed by atoms with E-state index in [2.05, 4.69) is 10.3 Å². The van der Waals surface area contributed by atoms with Gasteiger partial charge in [-0.15, -0.1) is 0 Å². The summed E-state index contributed by atoms with van der Waals surface area (Å²) in [6, 6.07) is 8.17. The summed E-state index contributed by atoms with van der Waals surface area (Å²) in [6.45, 7) is 2.69. The Bertz CT molecular complexity index is 1460. The monoisotopic (exact) mass is 434 g/mol. The van der Waals surface area contributed by atoms with Gasteiger partial charge in [0.2, 0.25) is 0 Å². The highest BCUT2D eigenvalue weighted by Gasteiger charge is 2.46. The van der Waals surface area contributed by atoms with Crippen LogP contribution in [-0.4, -0.2) is 26.2 Å². The lowest BCUT2D eigenvalue weighted by Gasteiger charge is -2.31. The molecule has 7 heteroatoms. The van der Waals surface area contributed by atoms with Crippen LogP contribution in [0.1, 0.15) is 37.5 Å². The van der Waals surface area contributed by atoms with Crippen LogP contribution in [-0.2, 0) is 7.05 Å². The maximum atomic E-state index is 15.3. The number of piperidine rings is 1. The third-order valence-corrected chi connectivity index (χ3v) is 7.33. The summed E-state index contributed by atoms with van der Waals surface area (Å²) in [7, 11) is 1.82. The molecule has 3 heterocycles. The van der Waals surface area contributed by atoms with Gasteiger partial charge in [0.15, 0.2) is 5.82 Å². The molecule has 0 radical (unpaired) electrons. The molecule has 1 unspecified atom stereocenters. The van der Waals surface area contributed by atoms with E-state index < -0.39 is 11.6 Å². The first kappa shape index (κ1) is 19.6. The second-order valence-corrected chi connectivity index (χ2v) is 9.35. The summed E-state index contributed by atoms with van der Waals surface area (Å²) in [5, 5.41) is 4.18. The minimum atomic E-state index is -0.575. The minimum Gasteiger partial charge on any atom is -0.331 e. The van der Waals surface area contributed by atoms with E-state index in [0.29, 0.717) is 33.4 Å². The smallest absolute Gasteiger partial charge is 0.261 e. The molecule has 1 saturated heterocycles. The molecule has 2 aromatic carbocycles. The maximum absolute atomic E-state index is 15.3. The molecule has 0 bridgehead atoms. The molecule has 2 aromatic heterocycles. The second kappa shape index (κ2) is 6.72. The fraction of sp³-hybridized carbons (Fsp3) is 0.360. The zero-order valence-corrected chi connectivity index (χ0v) is 18.1. The first-order chi connectivity index (χ1) is 15.3. The van der Waals surface area contributed by atoms with E-state index in [9.17, 15) is 9.18 Å². The first-order valence-corrected chi connectivity index (χ1v) is 11.1. The van der Waals surface area contributed by atoms with Crippen LogP contribution in [0.4, 0.5) is 8.78 Å². The van der Waals surface area contributed by atoms with Crippen LogP contribution in [0.2, 0.25) is 0 Å². The topological polar surface area (TPSA) is 51.9 Å². The molecule has 2 aliphatic rings. The number of nitrogens with one attached hydrogen (secondary N) is 1. The largest absolute Gasteiger partial charge is 0.331 e. The summed E-state index contributed by atoms with van der Waals surface area (Å²) in [4.78, 5) is 17.5. The van der Waals surface area contributed by atoms with Crippen LogP contribution in [0.3, 0.4) is 0 Å². The van der Waals surface area contributed by atoms with Gasteiger partial charge in [-0.2, -0.15) is 0 Å². The normalized spacial score (nSPS) is 19.8. The van der Waals surface area contributed by atoms with Crippen molar-refractivity contribution in [3.8, 4) is 11.1 Å². The maximum Gasteiger partial charge on any atom is 0.261 e. The fourth-order valence-corrected chi connectivity index (χ4v) is 5.22. The van der Waals surface area contributed by atoms with Crippen molar-refractivity contribution in [2.75, 3.05) is 6.54 Å². The summed E-state index contributed by atoms with van der Waals surface area (Å²) in [5.74, 6) is -0.321. The second-order valence-electron chi connectivity index (χ2n) is 9.35. The van der Waals surface area contributed by atoms with Gasteiger partial charge in [0.1, 0.15) is 17.2 Å². The predicted molar refractivity (Wildman–Crippen MR) is 121 cm³/mol. The van der Waals surface area contributed by atoms with Crippen molar-refractivity contribution in [1.82, 2.24) is 19.4 Å². The molecule has 1 atom stereocenters. The van der Waals surface area contributed by atoms with Gasteiger partial charge in [-0.05, 0) is 86.0 Å². The first-order valence-electron chi connectivity index (χ1n) is 11.1. The van der Waals surface area contributed by atoms with Crippen molar-refractivity contribution in [3.63, 3.8) is 0 Å². The van der Waals surface area contributed by atoms with Crippen LogP contribution in [0.25, 0.3) is 32.9 Å². The van der Waals surface area contributed by atoms with Crippen LogP contribution in [0, 0.1) is 18.6 Å². The van der Waals surface area contributed by atoms with E-state index in [0.717, 1.165) is 32.2 Å². The predicted octanol–water partition coefficient (Wildman–Crippen LogP) is 4.60. The van der Waals surface area contributed by atoms with Crippen LogP contribution in [0.5, 0.6) is 0 Å². The van der Waals surface area contributed by atoms with Crippen LogP contribution < -0.4 is 10.9 Å². The lowest BCUT2D eigenvalue weighted by atomic mass is 9.96. The van der Waals surface area contributed by atoms with Crippen molar-refractivity contribution in [2.24, 2.45) is 7.05 Å². The minimum absolute atomic E-state index is 0.0827. The molecule has 1 N–H and O–H groups in total. The number of benzene rings is 2. The molecule has 164 valence electrons. The van der Waals surface area contributed by atoms with Gasteiger partial charge in [0.05, 0.1) is 10.9 Å². The Morgan fingerprint density at radius 3 is 2.66 bits per heavy atom. The summed E-state index contributed by atoms with van der Waals surface area (Å²) in [5.41, 5.74) is 1.91. The molecule has 2 fully saturated rings. The molecule has 32 heavy (non-hydrogen) atoms. The highest BCUT2D eigenvalue weighted by molar-refractivity contribution is 5.89. The Morgan fingerprint density at radius 2 is 1.88 bits per heavy atom. The number of pyridine rings is 1. The zero-order valence-electron chi connectivity index (χ0n) is 18.1. The lowest BCUT2D eigenvalue weighted by molar-refractivity contribution is 0.282. The van der Waals surface area contributed by atoms with E-state index in [1.807, 2.05) is 24.6 Å². The molecular formula is C25H24F2N4O. The van der Waals surface area contributed by atoms with Crippen molar-refractivity contribution in [1.29, 1.82) is 0 Å². The molecule has 1 saturated carbocycles. The quantitative estimate of drug-likeness (QED) is 0.502. The number of aryl methyl sites for hydroxylation is 2. The van der Waals surface area contributed by atoms with E-state index in [4.69, 9.17) is 0 Å². The Balaban J connectivity index is 1.46. The van der Waals surface area contributed by atoms with Gasteiger partial charge >= 0.3 is 0 Å². The van der Waals surface area contributed by atoms with Crippen molar-refractivity contribution >= 4 is 21.8 Å². The molecule has 1 aliphatic heterocycles. The third-order valence-electron chi connectivity index (χ3n) is 7.33. The summed E-state index contributed by atoms with van der Waals surface area (Å²) < 4.78 is 33.5. The summed E-state index contributed by atoms with van der Waals surface area (Å²) in [6.07, 6.45) is 5.83. The van der Waals surface area contributed by atoms with Gasteiger partial charge in [0, 0.05) is 24.8 Å². The lowest BCUT2D eigenvalue weighted by Crippen LogP contribution is -2.42. The number of hydrogen-bond donors (Lipinski definition) is 1. The fourth-order valence-electron chi connectivity index (χ4n) is 5.22. The van der Waals surface area contributed by atoms with Gasteiger partial charge in [0.25, 0.3) is 5.56 Å². The van der Waals surface area contributed by atoms with Crippen molar-refractivity contribution in [3.05, 3.63) is 64.3 Å². The Morgan fingerprint density at radius 1 is 1.12 bits per heavy atom. The highest BCUT2D eigenvalue weighted by atomic mass is 19.1. The van der Waals surface area contributed by atoms with Gasteiger partial charge in [-0.25, -0.2) is 13.8 Å². The SMILES string of the molecule is Cc1nc2c(F)cc(-c3cc(F)c4c(=O)n(C5CCNC6(CC6)C5)ccc4c3)cc2n1C. The van der Waals surface area contributed by atoms with Gasteiger partial charge < -0.3 is 14.5 Å². The molecule has 6 rings (SSSR count). The Labute approximate surface area is 183 Å². The van der Waals surface area contributed by atoms with E-state index in [-0.39, 0.29) is 22.5 Å². The zero-order chi connectivity index (χ0) is 22.2. The van der Waals surface area contributed by atoms with E-state index >= 15 is 4.39 Å². The number of aromatic nitrogens is 3. The number of nitrogens with zero attached hydrogens (tertiary/aromatic N) is 3. The van der Waals surface area contributed by atoms with Crippen LogP contribution >= 0.6 is 0 Å². The Hall–Kier alpha value is -3.06. The average molecular weight is 434 g/mol. The van der Waals surface area contributed by atoms with E-state index in [1.165, 1.54) is 12.1 Å². The third kappa shape index (κ3) is 2.91. The van der Waals surface area contributed by atoms with E-state index in [1.54, 1.807) is 22.9 Å². The Kier molecular flexibility index (Phi) is 4.12. The number of fused-ring (bicyclic) bond motifs is 2. The molecular weight excluding hydrogens is 410 g/mol. The molecule has 5 nitrogen and oxygen atoms in total. The average Bonchev–Trinajstić information content (AvgIpc) is 3.44. The number of imidazole rings is 1. The number of hydrogen-bond acceptors (Lipinski definition) is 3. The summed E-state index contributed by atoms with van der Waals surface area (Å²) >= 11 is 0.